The van der Waals surface area contributed by atoms with Crippen molar-refractivity contribution in [1.29, 1.82) is 0 Å². The molecule has 1 heterocycles. The van der Waals surface area contributed by atoms with Crippen LogP contribution in [-0.2, 0) is 4.79 Å². The summed E-state index contributed by atoms with van der Waals surface area (Å²) in [5, 5.41) is 0. The summed E-state index contributed by atoms with van der Waals surface area (Å²) < 4.78 is 78.5. The molecule has 3 nitrogen and oxygen atoms in total. The minimum Gasteiger partial charge on any atom is -0.329 e. The Kier molecular flexibility index (Phi) is 6.87. The SMILES string of the molecule is CC.CC1C(c2cc(F)cc(F)c2F)CC(N)C(=O)N1CC(F)(F)F. The van der Waals surface area contributed by atoms with Crippen LogP contribution < -0.4 is 5.73 Å². The van der Waals surface area contributed by atoms with E-state index in [1.165, 1.54) is 6.92 Å². The number of halogens is 6. The number of carbonyl (C=O) groups excluding carboxylic acids is 1. The number of piperidine rings is 1. The fourth-order valence-corrected chi connectivity index (χ4v) is 2.85. The van der Waals surface area contributed by atoms with Gasteiger partial charge in [-0.15, -0.1) is 0 Å². The third kappa shape index (κ3) is 4.87. The summed E-state index contributed by atoms with van der Waals surface area (Å²) in [5.41, 5.74) is 5.11. The highest BCUT2D eigenvalue weighted by Gasteiger charge is 2.44. The molecule has 2 rings (SSSR count). The van der Waals surface area contributed by atoms with Crippen molar-refractivity contribution in [3.05, 3.63) is 35.1 Å². The number of nitrogens with zero attached hydrogens (tertiary/aromatic N) is 1. The maximum atomic E-state index is 13.9. The van der Waals surface area contributed by atoms with E-state index >= 15 is 0 Å². The molecule has 9 heteroatoms. The van der Waals surface area contributed by atoms with Crippen molar-refractivity contribution >= 4 is 5.91 Å². The lowest BCUT2D eigenvalue weighted by Gasteiger charge is -2.42. The topological polar surface area (TPSA) is 46.3 Å². The van der Waals surface area contributed by atoms with E-state index in [9.17, 15) is 31.1 Å². The molecule has 0 aliphatic carbocycles. The number of hydrogen-bond donors (Lipinski definition) is 1. The first kappa shape index (κ1) is 21.3. The molecule has 0 bridgehead atoms. The number of benzene rings is 1. The summed E-state index contributed by atoms with van der Waals surface area (Å²) in [7, 11) is 0. The smallest absolute Gasteiger partial charge is 0.329 e. The van der Waals surface area contributed by atoms with Crippen LogP contribution in [0.5, 0.6) is 0 Å². The van der Waals surface area contributed by atoms with Gasteiger partial charge in [0.2, 0.25) is 5.91 Å². The Morgan fingerprint density at radius 1 is 1.20 bits per heavy atom. The summed E-state index contributed by atoms with van der Waals surface area (Å²) in [6, 6.07) is -1.36. The summed E-state index contributed by atoms with van der Waals surface area (Å²) >= 11 is 0. The molecule has 1 aromatic carbocycles. The van der Waals surface area contributed by atoms with Crippen molar-refractivity contribution in [2.24, 2.45) is 5.73 Å². The molecule has 0 spiro atoms. The van der Waals surface area contributed by atoms with Crippen molar-refractivity contribution in [2.45, 2.75) is 51.4 Å². The Hall–Kier alpha value is -1.77. The van der Waals surface area contributed by atoms with Gasteiger partial charge in [-0.2, -0.15) is 13.2 Å². The predicted molar refractivity (Wildman–Crippen MR) is 80.2 cm³/mol. The molecule has 3 atom stereocenters. The number of carbonyl (C=O) groups is 1. The van der Waals surface area contributed by atoms with E-state index < -0.39 is 59.6 Å². The van der Waals surface area contributed by atoms with Crippen molar-refractivity contribution in [3.63, 3.8) is 0 Å². The number of amides is 1. The maximum absolute atomic E-state index is 13.9. The molecule has 142 valence electrons. The Balaban J connectivity index is 0.00000151. The van der Waals surface area contributed by atoms with Crippen LogP contribution in [0, 0.1) is 17.5 Å². The second-order valence-corrected chi connectivity index (χ2v) is 5.56. The van der Waals surface area contributed by atoms with E-state index in [2.05, 4.69) is 0 Å². The van der Waals surface area contributed by atoms with Gasteiger partial charge in [0.15, 0.2) is 11.6 Å². The number of likely N-dealkylation sites (tertiary alicyclic amines) is 1. The molecular weight excluding hydrogens is 350 g/mol. The fraction of sp³-hybridized carbons (Fsp3) is 0.562. The van der Waals surface area contributed by atoms with Crippen LogP contribution in [0.3, 0.4) is 0 Å². The van der Waals surface area contributed by atoms with Gasteiger partial charge in [0.1, 0.15) is 12.4 Å². The van der Waals surface area contributed by atoms with Crippen LogP contribution in [-0.4, -0.2) is 35.6 Å². The molecule has 0 saturated carbocycles. The molecule has 1 amide bonds. The highest BCUT2D eigenvalue weighted by atomic mass is 19.4. The third-order valence-corrected chi connectivity index (χ3v) is 3.95. The van der Waals surface area contributed by atoms with Gasteiger partial charge < -0.3 is 10.6 Å². The van der Waals surface area contributed by atoms with Gasteiger partial charge >= 0.3 is 6.18 Å². The summed E-state index contributed by atoms with van der Waals surface area (Å²) in [6.45, 7) is 3.71. The lowest BCUT2D eigenvalue weighted by molar-refractivity contribution is -0.170. The zero-order valence-electron chi connectivity index (χ0n) is 14.0. The highest BCUT2D eigenvalue weighted by molar-refractivity contribution is 5.83. The molecule has 1 fully saturated rings. The molecule has 1 aliphatic rings. The van der Waals surface area contributed by atoms with Gasteiger partial charge in [-0.25, -0.2) is 13.2 Å². The van der Waals surface area contributed by atoms with Gasteiger partial charge in [0.25, 0.3) is 0 Å². The van der Waals surface area contributed by atoms with Crippen LogP contribution in [0.1, 0.15) is 38.7 Å². The Morgan fingerprint density at radius 3 is 2.28 bits per heavy atom. The van der Waals surface area contributed by atoms with Gasteiger partial charge in [-0.1, -0.05) is 13.8 Å². The van der Waals surface area contributed by atoms with E-state index in [0.29, 0.717) is 17.0 Å². The zero-order chi connectivity index (χ0) is 19.5. The van der Waals surface area contributed by atoms with Gasteiger partial charge in [0.05, 0.1) is 6.04 Å². The summed E-state index contributed by atoms with van der Waals surface area (Å²) in [4.78, 5) is 12.3. The van der Waals surface area contributed by atoms with E-state index in [-0.39, 0.29) is 6.42 Å². The van der Waals surface area contributed by atoms with Gasteiger partial charge in [0, 0.05) is 18.0 Å². The second-order valence-electron chi connectivity index (χ2n) is 5.56. The molecule has 25 heavy (non-hydrogen) atoms. The average Bonchev–Trinajstić information content (AvgIpc) is 2.52. The van der Waals surface area contributed by atoms with Crippen LogP contribution in [0.4, 0.5) is 26.3 Å². The largest absolute Gasteiger partial charge is 0.406 e. The minimum absolute atomic E-state index is 0.200. The van der Waals surface area contributed by atoms with E-state index in [4.69, 9.17) is 5.73 Å². The molecule has 1 saturated heterocycles. The van der Waals surface area contributed by atoms with E-state index in [0.717, 1.165) is 0 Å². The molecule has 2 N–H and O–H groups in total. The van der Waals surface area contributed by atoms with Crippen molar-refractivity contribution in [1.82, 2.24) is 4.90 Å². The molecule has 0 radical (unpaired) electrons. The van der Waals surface area contributed by atoms with Crippen LogP contribution in [0.25, 0.3) is 0 Å². The lowest BCUT2D eigenvalue weighted by atomic mass is 9.81. The first-order valence-electron chi connectivity index (χ1n) is 7.78. The van der Waals surface area contributed by atoms with E-state index in [1.807, 2.05) is 13.8 Å². The van der Waals surface area contributed by atoms with Gasteiger partial charge in [-0.05, 0) is 25.0 Å². The van der Waals surface area contributed by atoms with E-state index in [1.54, 1.807) is 0 Å². The Labute approximate surface area is 141 Å². The maximum Gasteiger partial charge on any atom is 0.406 e. The van der Waals surface area contributed by atoms with Crippen LogP contribution >= 0.6 is 0 Å². The fourth-order valence-electron chi connectivity index (χ4n) is 2.85. The van der Waals surface area contributed by atoms with Crippen molar-refractivity contribution in [2.75, 3.05) is 6.54 Å². The second kappa shape index (κ2) is 8.07. The molecule has 1 aromatic rings. The monoisotopic (exact) mass is 370 g/mol. The number of alkyl halides is 3. The molecule has 3 unspecified atom stereocenters. The number of hydrogen-bond acceptors (Lipinski definition) is 2. The Morgan fingerprint density at radius 2 is 1.76 bits per heavy atom. The molecule has 1 aliphatic heterocycles. The van der Waals surface area contributed by atoms with Gasteiger partial charge in [-0.3, -0.25) is 4.79 Å². The third-order valence-electron chi connectivity index (χ3n) is 3.95. The minimum atomic E-state index is -4.67. The molecule has 0 aromatic heterocycles. The quantitative estimate of drug-likeness (QED) is 0.637. The predicted octanol–water partition coefficient (Wildman–Crippen LogP) is 3.72. The first-order valence-corrected chi connectivity index (χ1v) is 7.78. The molecular formula is C16H20F6N2O. The standard InChI is InChI=1S/C14H14F6N2O.C2H6/c1-6-8(9-2-7(15)3-10(16)12(9)17)4-11(21)13(23)22(6)5-14(18,19)20;1-2/h2-3,6,8,11H,4-5,21H2,1H3;1-2H3. The Bertz CT molecular complexity index is 619. The highest BCUT2D eigenvalue weighted by Crippen LogP contribution is 2.36. The summed E-state index contributed by atoms with van der Waals surface area (Å²) in [5.74, 6) is -5.82. The first-order chi connectivity index (χ1) is 11.5. The van der Waals surface area contributed by atoms with Crippen LogP contribution in [0.15, 0.2) is 12.1 Å². The van der Waals surface area contributed by atoms with Crippen molar-refractivity contribution in [3.8, 4) is 0 Å². The zero-order valence-corrected chi connectivity index (χ0v) is 14.0. The number of rotatable bonds is 2. The normalized spacial score (nSPS) is 24.0. The van der Waals surface area contributed by atoms with Crippen molar-refractivity contribution < 1.29 is 31.1 Å². The lowest BCUT2D eigenvalue weighted by Crippen LogP contribution is -2.57. The van der Waals surface area contributed by atoms with Crippen LogP contribution in [0.2, 0.25) is 0 Å². The number of nitrogens with two attached hydrogens (primary N) is 1. The summed E-state index contributed by atoms with van der Waals surface area (Å²) in [6.07, 6.45) is -4.87. The average molecular weight is 370 g/mol.